The number of halogens is 1. The molecule has 0 spiro atoms. The summed E-state index contributed by atoms with van der Waals surface area (Å²) in [4.78, 5) is 8.45. The maximum absolute atomic E-state index is 13.5. The Kier molecular flexibility index (Phi) is 3.67. The van der Waals surface area contributed by atoms with Crippen molar-refractivity contribution in [3.05, 3.63) is 58.9 Å². The van der Waals surface area contributed by atoms with Crippen LogP contribution in [0.2, 0.25) is 0 Å². The van der Waals surface area contributed by atoms with E-state index in [0.29, 0.717) is 23.4 Å². The molecule has 18 heavy (non-hydrogen) atoms. The van der Waals surface area contributed by atoms with Crippen LogP contribution >= 0.6 is 0 Å². The number of rotatable bonds is 3. The Morgan fingerprint density at radius 1 is 1.33 bits per heavy atom. The summed E-state index contributed by atoms with van der Waals surface area (Å²) in [6, 6.07) is 6.58. The van der Waals surface area contributed by atoms with Crippen molar-refractivity contribution < 1.29 is 9.50 Å². The van der Waals surface area contributed by atoms with Crippen LogP contribution in [0.5, 0.6) is 0 Å². The molecule has 0 saturated heterocycles. The van der Waals surface area contributed by atoms with Gasteiger partial charge in [0.2, 0.25) is 0 Å². The molecule has 0 radical (unpaired) electrons. The molecule has 0 unspecified atom stereocenters. The standard InChI is InChI=1S/C14H15FN2O/c1-9-12(10(2)18)8-16-14(17-9)7-11-5-3-4-6-13(11)15/h3-6,8,10,18H,7H2,1-2H3/t10-/m1/s1. The van der Waals surface area contributed by atoms with Crippen LogP contribution in [-0.4, -0.2) is 15.1 Å². The van der Waals surface area contributed by atoms with Gasteiger partial charge in [0.05, 0.1) is 6.10 Å². The Balaban J connectivity index is 2.26. The molecule has 0 fully saturated rings. The van der Waals surface area contributed by atoms with Crippen molar-refractivity contribution in [3.8, 4) is 0 Å². The van der Waals surface area contributed by atoms with Crippen molar-refractivity contribution in [2.45, 2.75) is 26.4 Å². The molecule has 1 heterocycles. The molecule has 4 heteroatoms. The van der Waals surface area contributed by atoms with Crippen molar-refractivity contribution in [3.63, 3.8) is 0 Å². The SMILES string of the molecule is Cc1nc(Cc2ccccc2F)ncc1[C@@H](C)O. The summed E-state index contributed by atoms with van der Waals surface area (Å²) in [5, 5.41) is 9.49. The highest BCUT2D eigenvalue weighted by atomic mass is 19.1. The van der Waals surface area contributed by atoms with Gasteiger partial charge in [-0.25, -0.2) is 14.4 Å². The molecule has 0 aliphatic heterocycles. The van der Waals surface area contributed by atoms with Crippen LogP contribution in [0.15, 0.2) is 30.5 Å². The van der Waals surface area contributed by atoms with Crippen molar-refractivity contribution in [2.24, 2.45) is 0 Å². The van der Waals surface area contributed by atoms with Gasteiger partial charge in [-0.1, -0.05) is 18.2 Å². The molecular weight excluding hydrogens is 231 g/mol. The first-order valence-electron chi connectivity index (χ1n) is 5.82. The van der Waals surface area contributed by atoms with E-state index in [1.807, 2.05) is 6.92 Å². The third-order valence-corrected chi connectivity index (χ3v) is 2.82. The normalized spacial score (nSPS) is 12.4. The maximum atomic E-state index is 13.5. The summed E-state index contributed by atoms with van der Waals surface area (Å²) < 4.78 is 13.5. The highest BCUT2D eigenvalue weighted by molar-refractivity contribution is 5.23. The maximum Gasteiger partial charge on any atom is 0.133 e. The minimum absolute atomic E-state index is 0.252. The quantitative estimate of drug-likeness (QED) is 0.905. The lowest BCUT2D eigenvalue weighted by Crippen LogP contribution is -2.05. The molecule has 0 amide bonds. The summed E-state index contributed by atoms with van der Waals surface area (Å²) >= 11 is 0. The summed E-state index contributed by atoms with van der Waals surface area (Å²) in [6.07, 6.45) is 1.36. The molecule has 94 valence electrons. The predicted octanol–water partition coefficient (Wildman–Crippen LogP) is 2.57. The van der Waals surface area contributed by atoms with Gasteiger partial charge >= 0.3 is 0 Å². The largest absolute Gasteiger partial charge is 0.389 e. The van der Waals surface area contributed by atoms with Gasteiger partial charge < -0.3 is 5.11 Å². The van der Waals surface area contributed by atoms with Gasteiger partial charge in [0.25, 0.3) is 0 Å². The van der Waals surface area contributed by atoms with Crippen LogP contribution in [0.1, 0.15) is 35.7 Å². The fourth-order valence-corrected chi connectivity index (χ4v) is 1.83. The van der Waals surface area contributed by atoms with E-state index in [4.69, 9.17) is 0 Å². The van der Waals surface area contributed by atoms with E-state index in [-0.39, 0.29) is 5.82 Å². The fourth-order valence-electron chi connectivity index (χ4n) is 1.83. The first-order chi connectivity index (χ1) is 8.58. The fraction of sp³-hybridized carbons (Fsp3) is 0.286. The Bertz CT molecular complexity index is 555. The lowest BCUT2D eigenvalue weighted by Gasteiger charge is -2.09. The lowest BCUT2D eigenvalue weighted by molar-refractivity contribution is 0.197. The third kappa shape index (κ3) is 2.71. The van der Waals surface area contributed by atoms with Crippen LogP contribution in [0.25, 0.3) is 0 Å². The summed E-state index contributed by atoms with van der Waals surface area (Å²) in [5.41, 5.74) is 2.00. The number of hydrogen-bond acceptors (Lipinski definition) is 3. The second-order valence-electron chi connectivity index (χ2n) is 4.27. The third-order valence-electron chi connectivity index (χ3n) is 2.82. The smallest absolute Gasteiger partial charge is 0.133 e. The molecule has 2 rings (SSSR count). The average Bonchev–Trinajstić information content (AvgIpc) is 2.32. The van der Waals surface area contributed by atoms with E-state index in [1.54, 1.807) is 31.3 Å². The number of hydrogen-bond donors (Lipinski definition) is 1. The van der Waals surface area contributed by atoms with Gasteiger partial charge in [-0.05, 0) is 25.5 Å². The molecule has 0 bridgehead atoms. The Morgan fingerprint density at radius 3 is 2.67 bits per heavy atom. The lowest BCUT2D eigenvalue weighted by atomic mass is 10.1. The molecule has 3 nitrogen and oxygen atoms in total. The van der Waals surface area contributed by atoms with Gasteiger partial charge in [-0.2, -0.15) is 0 Å². The number of aliphatic hydroxyl groups excluding tert-OH is 1. The van der Waals surface area contributed by atoms with E-state index in [2.05, 4.69) is 9.97 Å². The second-order valence-corrected chi connectivity index (χ2v) is 4.27. The molecule has 2 aromatic rings. The molecule has 1 N–H and O–H groups in total. The van der Waals surface area contributed by atoms with E-state index in [9.17, 15) is 9.50 Å². The van der Waals surface area contributed by atoms with Gasteiger partial charge in [0, 0.05) is 23.9 Å². The molecule has 1 aromatic carbocycles. The second kappa shape index (κ2) is 5.23. The molecule has 1 atom stereocenters. The van der Waals surface area contributed by atoms with Crippen LogP contribution < -0.4 is 0 Å². The average molecular weight is 246 g/mol. The zero-order valence-electron chi connectivity index (χ0n) is 10.4. The molecule has 1 aromatic heterocycles. The number of nitrogens with zero attached hydrogens (tertiary/aromatic N) is 2. The van der Waals surface area contributed by atoms with Crippen molar-refractivity contribution >= 4 is 0 Å². The molecule has 0 aliphatic carbocycles. The number of aliphatic hydroxyl groups is 1. The number of aromatic nitrogens is 2. The Labute approximate surface area is 105 Å². The Morgan fingerprint density at radius 2 is 2.06 bits per heavy atom. The van der Waals surface area contributed by atoms with E-state index in [0.717, 1.165) is 5.69 Å². The summed E-state index contributed by atoms with van der Waals surface area (Å²) in [7, 11) is 0. The van der Waals surface area contributed by atoms with Crippen LogP contribution in [0.4, 0.5) is 4.39 Å². The van der Waals surface area contributed by atoms with Gasteiger partial charge in [-0.15, -0.1) is 0 Å². The molecule has 0 aliphatic rings. The minimum atomic E-state index is -0.590. The monoisotopic (exact) mass is 246 g/mol. The van der Waals surface area contributed by atoms with Crippen molar-refractivity contribution in [1.29, 1.82) is 0 Å². The molecular formula is C14H15FN2O. The van der Waals surface area contributed by atoms with Gasteiger partial charge in [-0.3, -0.25) is 0 Å². The van der Waals surface area contributed by atoms with Gasteiger partial charge in [0.1, 0.15) is 11.6 Å². The first-order valence-corrected chi connectivity index (χ1v) is 5.82. The van der Waals surface area contributed by atoms with E-state index >= 15 is 0 Å². The van der Waals surface area contributed by atoms with Crippen molar-refractivity contribution in [2.75, 3.05) is 0 Å². The molecule has 0 saturated carbocycles. The highest BCUT2D eigenvalue weighted by Gasteiger charge is 2.09. The number of aryl methyl sites for hydroxylation is 1. The zero-order valence-corrected chi connectivity index (χ0v) is 10.4. The van der Waals surface area contributed by atoms with Crippen LogP contribution in [-0.2, 0) is 6.42 Å². The first kappa shape index (κ1) is 12.6. The van der Waals surface area contributed by atoms with E-state index in [1.165, 1.54) is 6.07 Å². The highest BCUT2D eigenvalue weighted by Crippen LogP contribution is 2.16. The summed E-state index contributed by atoms with van der Waals surface area (Å²) in [6.45, 7) is 3.48. The number of benzene rings is 1. The zero-order chi connectivity index (χ0) is 13.1. The van der Waals surface area contributed by atoms with Crippen LogP contribution in [0.3, 0.4) is 0 Å². The van der Waals surface area contributed by atoms with Gasteiger partial charge in [0.15, 0.2) is 0 Å². The van der Waals surface area contributed by atoms with Crippen molar-refractivity contribution in [1.82, 2.24) is 9.97 Å². The van der Waals surface area contributed by atoms with E-state index < -0.39 is 6.10 Å². The van der Waals surface area contributed by atoms with Crippen LogP contribution in [0, 0.1) is 12.7 Å². The Hall–Kier alpha value is -1.81. The minimum Gasteiger partial charge on any atom is -0.389 e. The predicted molar refractivity (Wildman–Crippen MR) is 66.6 cm³/mol. The topological polar surface area (TPSA) is 46.0 Å². The summed E-state index contributed by atoms with van der Waals surface area (Å²) in [5.74, 6) is 0.306.